The van der Waals surface area contributed by atoms with Crippen LogP contribution in [0.2, 0.25) is 0 Å². The van der Waals surface area contributed by atoms with Gasteiger partial charge < -0.3 is 31.4 Å². The predicted octanol–water partition coefficient (Wildman–Crippen LogP) is -1.73. The van der Waals surface area contributed by atoms with Gasteiger partial charge in [-0.15, -0.1) is 0 Å². The molecule has 6 N–H and O–H groups in total. The first-order valence-corrected chi connectivity index (χ1v) is 9.85. The minimum absolute atomic E-state index is 0.0670. The molecule has 2 heterocycles. The van der Waals surface area contributed by atoms with Gasteiger partial charge in [0.15, 0.2) is 0 Å². The van der Waals surface area contributed by atoms with Crippen LogP contribution in [-0.2, 0) is 25.6 Å². The van der Waals surface area contributed by atoms with Gasteiger partial charge in [0.2, 0.25) is 17.7 Å². The normalized spacial score (nSPS) is 19.3. The third kappa shape index (κ3) is 5.94. The molecule has 1 fully saturated rings. The number of rotatable bonds is 9. The van der Waals surface area contributed by atoms with E-state index in [1.807, 2.05) is 0 Å². The summed E-state index contributed by atoms with van der Waals surface area (Å²) >= 11 is 3.91. The molecule has 1 aliphatic heterocycles. The summed E-state index contributed by atoms with van der Waals surface area (Å²) in [6.45, 7) is 1.86. The molecule has 2 rings (SSSR count). The summed E-state index contributed by atoms with van der Waals surface area (Å²) in [6, 6.07) is -3.68. The highest BCUT2D eigenvalue weighted by atomic mass is 32.1. The number of hydrogen-bond donors (Lipinski definition) is 6. The van der Waals surface area contributed by atoms with Crippen LogP contribution in [0, 0.1) is 0 Å². The number of carboxylic acid groups (broad SMARTS) is 1. The molecule has 1 aliphatic rings. The molecule has 0 bridgehead atoms. The SMILES string of the molecule is CC(NC(=O)C(N)Cc1cnc[nH]1)C(=O)N1CCCC1C(=O)NC(CS)C(=O)O. The first-order chi connectivity index (χ1) is 13.7. The predicted molar refractivity (Wildman–Crippen MR) is 106 cm³/mol. The summed E-state index contributed by atoms with van der Waals surface area (Å²) in [6.07, 6.45) is 4.29. The van der Waals surface area contributed by atoms with Crippen molar-refractivity contribution < 1.29 is 24.3 Å². The van der Waals surface area contributed by atoms with Crippen molar-refractivity contribution in [3.8, 4) is 0 Å². The monoisotopic (exact) mass is 426 g/mol. The number of nitrogens with two attached hydrogens (primary N) is 1. The lowest BCUT2D eigenvalue weighted by molar-refractivity contribution is -0.144. The maximum atomic E-state index is 12.8. The average Bonchev–Trinajstić information content (AvgIpc) is 3.36. The number of aromatic nitrogens is 2. The molecular formula is C17H26N6O5S. The number of hydrogen-bond acceptors (Lipinski definition) is 7. The van der Waals surface area contributed by atoms with Gasteiger partial charge in [-0.2, -0.15) is 12.6 Å². The zero-order chi connectivity index (χ0) is 21.6. The van der Waals surface area contributed by atoms with Crippen LogP contribution < -0.4 is 16.4 Å². The number of nitrogens with one attached hydrogen (secondary N) is 3. The van der Waals surface area contributed by atoms with E-state index in [-0.39, 0.29) is 12.2 Å². The molecule has 12 heteroatoms. The Kier molecular flexibility index (Phi) is 8.02. The minimum atomic E-state index is -1.20. The molecule has 29 heavy (non-hydrogen) atoms. The Balaban J connectivity index is 1.93. The number of amides is 3. The first-order valence-electron chi connectivity index (χ1n) is 9.22. The summed E-state index contributed by atoms with van der Waals surface area (Å²) < 4.78 is 0. The topological polar surface area (TPSA) is 171 Å². The Hall–Kier alpha value is -2.60. The van der Waals surface area contributed by atoms with Crippen LogP contribution >= 0.6 is 12.6 Å². The lowest BCUT2D eigenvalue weighted by Crippen LogP contribution is -2.56. The number of carbonyl (C=O) groups excluding carboxylic acids is 3. The number of imidazole rings is 1. The van der Waals surface area contributed by atoms with E-state index in [2.05, 4.69) is 33.2 Å². The van der Waals surface area contributed by atoms with E-state index in [9.17, 15) is 19.2 Å². The fraction of sp³-hybridized carbons (Fsp3) is 0.588. The molecule has 1 aromatic rings. The van der Waals surface area contributed by atoms with E-state index < -0.39 is 47.9 Å². The van der Waals surface area contributed by atoms with Crippen molar-refractivity contribution in [2.75, 3.05) is 12.3 Å². The Morgan fingerprint density at radius 1 is 1.41 bits per heavy atom. The molecule has 0 aliphatic carbocycles. The van der Waals surface area contributed by atoms with Crippen molar-refractivity contribution in [3.05, 3.63) is 18.2 Å². The second-order valence-corrected chi connectivity index (χ2v) is 7.25. The van der Waals surface area contributed by atoms with Crippen LogP contribution in [-0.4, -0.2) is 80.1 Å². The molecule has 1 saturated heterocycles. The van der Waals surface area contributed by atoms with Gasteiger partial charge >= 0.3 is 5.97 Å². The quantitative estimate of drug-likeness (QED) is 0.255. The smallest absolute Gasteiger partial charge is 0.327 e. The van der Waals surface area contributed by atoms with Gasteiger partial charge in [0.25, 0.3) is 0 Å². The highest BCUT2D eigenvalue weighted by Crippen LogP contribution is 2.19. The van der Waals surface area contributed by atoms with Gasteiger partial charge in [0.05, 0.1) is 12.4 Å². The fourth-order valence-electron chi connectivity index (χ4n) is 3.11. The van der Waals surface area contributed by atoms with Crippen LogP contribution in [0.1, 0.15) is 25.5 Å². The summed E-state index contributed by atoms with van der Waals surface area (Å²) in [7, 11) is 0. The third-order valence-corrected chi connectivity index (χ3v) is 5.06. The van der Waals surface area contributed by atoms with Crippen molar-refractivity contribution in [2.45, 2.75) is 50.4 Å². The van der Waals surface area contributed by atoms with E-state index >= 15 is 0 Å². The van der Waals surface area contributed by atoms with Gasteiger partial charge in [-0.3, -0.25) is 14.4 Å². The molecule has 4 unspecified atom stereocenters. The van der Waals surface area contributed by atoms with Crippen molar-refractivity contribution in [2.24, 2.45) is 5.73 Å². The molecular weight excluding hydrogens is 400 g/mol. The highest BCUT2D eigenvalue weighted by Gasteiger charge is 2.37. The largest absolute Gasteiger partial charge is 0.480 e. The number of aliphatic carboxylic acids is 1. The molecule has 3 amide bonds. The molecule has 4 atom stereocenters. The maximum Gasteiger partial charge on any atom is 0.327 e. The second-order valence-electron chi connectivity index (χ2n) is 6.89. The highest BCUT2D eigenvalue weighted by molar-refractivity contribution is 7.80. The van der Waals surface area contributed by atoms with Gasteiger partial charge in [0.1, 0.15) is 18.1 Å². The fourth-order valence-corrected chi connectivity index (χ4v) is 3.36. The summed E-state index contributed by atoms with van der Waals surface area (Å²) in [4.78, 5) is 56.7. The van der Waals surface area contributed by atoms with Crippen molar-refractivity contribution >= 4 is 36.3 Å². The standard InChI is InChI=1S/C17H26N6O5S/c1-9(21-14(24)11(18)5-10-6-19-8-20-10)16(26)23-4-2-3-13(23)15(25)22-12(7-29)17(27)28/h6,8-9,11-13,29H,2-5,7,18H2,1H3,(H,19,20)(H,21,24)(H,22,25)(H,27,28). The zero-order valence-electron chi connectivity index (χ0n) is 16.0. The zero-order valence-corrected chi connectivity index (χ0v) is 16.9. The number of nitrogens with zero attached hydrogens (tertiary/aromatic N) is 2. The molecule has 0 radical (unpaired) electrons. The molecule has 0 saturated carbocycles. The number of thiol groups is 1. The van der Waals surface area contributed by atoms with Crippen LogP contribution in [0.15, 0.2) is 12.5 Å². The number of carbonyl (C=O) groups is 4. The molecule has 0 spiro atoms. The maximum absolute atomic E-state index is 12.8. The first kappa shape index (κ1) is 22.7. The van der Waals surface area contributed by atoms with E-state index in [4.69, 9.17) is 10.8 Å². The van der Waals surface area contributed by atoms with Crippen molar-refractivity contribution in [1.29, 1.82) is 0 Å². The van der Waals surface area contributed by atoms with Gasteiger partial charge in [-0.05, 0) is 19.8 Å². The van der Waals surface area contributed by atoms with E-state index in [1.165, 1.54) is 18.2 Å². The summed E-state index contributed by atoms with van der Waals surface area (Å²) in [5, 5.41) is 14.0. The van der Waals surface area contributed by atoms with E-state index in [0.717, 1.165) is 0 Å². The molecule has 0 aromatic carbocycles. The number of likely N-dealkylation sites (tertiary alicyclic amines) is 1. The van der Waals surface area contributed by atoms with E-state index in [1.54, 1.807) is 6.20 Å². The van der Waals surface area contributed by atoms with Crippen LogP contribution in [0.4, 0.5) is 0 Å². The minimum Gasteiger partial charge on any atom is -0.480 e. The van der Waals surface area contributed by atoms with Gasteiger partial charge in [-0.25, -0.2) is 9.78 Å². The lowest BCUT2D eigenvalue weighted by Gasteiger charge is -2.28. The molecule has 160 valence electrons. The van der Waals surface area contributed by atoms with Crippen LogP contribution in [0.3, 0.4) is 0 Å². The van der Waals surface area contributed by atoms with Crippen LogP contribution in [0.5, 0.6) is 0 Å². The van der Waals surface area contributed by atoms with E-state index in [0.29, 0.717) is 25.1 Å². The number of carboxylic acids is 1. The third-order valence-electron chi connectivity index (χ3n) is 4.70. The van der Waals surface area contributed by atoms with Crippen molar-refractivity contribution in [3.63, 3.8) is 0 Å². The summed E-state index contributed by atoms with van der Waals surface area (Å²) in [5.41, 5.74) is 6.57. The molecule has 11 nitrogen and oxygen atoms in total. The van der Waals surface area contributed by atoms with Crippen molar-refractivity contribution in [1.82, 2.24) is 25.5 Å². The molecule has 1 aromatic heterocycles. The second kappa shape index (κ2) is 10.3. The van der Waals surface area contributed by atoms with Crippen LogP contribution in [0.25, 0.3) is 0 Å². The van der Waals surface area contributed by atoms with Gasteiger partial charge in [0, 0.05) is 30.6 Å². The Morgan fingerprint density at radius 3 is 2.72 bits per heavy atom. The number of aromatic amines is 1. The Bertz CT molecular complexity index is 743. The van der Waals surface area contributed by atoms with Gasteiger partial charge in [-0.1, -0.05) is 0 Å². The summed E-state index contributed by atoms with van der Waals surface area (Å²) in [5.74, 6) is -2.74. The Morgan fingerprint density at radius 2 is 2.14 bits per heavy atom. The Labute approximate surface area is 173 Å². The average molecular weight is 426 g/mol. The number of H-pyrrole nitrogens is 1. The lowest BCUT2D eigenvalue weighted by atomic mass is 10.1.